The Balaban J connectivity index is 1.83. The Morgan fingerprint density at radius 2 is 0.897 bits per heavy atom. The lowest BCUT2D eigenvalue weighted by Crippen LogP contribution is -2.61. The monoisotopic (exact) mass is 969 g/mol. The number of esters is 2. The molecule has 0 saturated carbocycles. The van der Waals surface area contributed by atoms with Gasteiger partial charge in [-0.15, -0.1) is 0 Å². The highest BCUT2D eigenvalue weighted by molar-refractivity contribution is 5.70. The largest absolute Gasteiger partial charge is 0.462 e. The van der Waals surface area contributed by atoms with Gasteiger partial charge in [0.05, 0.1) is 19.8 Å². The topological polar surface area (TPSA) is 231 Å². The molecule has 0 amide bonds. The number of rotatable bonds is 40. The van der Waals surface area contributed by atoms with Crippen molar-refractivity contribution >= 4 is 11.9 Å². The molecule has 0 radical (unpaired) electrons. The minimum atomic E-state index is -1.77. The van der Waals surface area contributed by atoms with Crippen molar-refractivity contribution in [1.29, 1.82) is 0 Å². The average Bonchev–Trinajstić information content (AvgIpc) is 3.33. The first kappa shape index (κ1) is 61.6. The second kappa shape index (κ2) is 40.1. The number of carbonyl (C=O) groups is 2. The first-order valence-electron chi connectivity index (χ1n) is 26.2. The van der Waals surface area contributed by atoms with Crippen LogP contribution >= 0.6 is 0 Å². The molecule has 394 valence electrons. The summed E-state index contributed by atoms with van der Waals surface area (Å²) >= 11 is 0. The van der Waals surface area contributed by atoms with Gasteiger partial charge in [0.2, 0.25) is 0 Å². The van der Waals surface area contributed by atoms with Gasteiger partial charge in [-0.2, -0.15) is 0 Å². The van der Waals surface area contributed by atoms with Crippen LogP contribution in [-0.2, 0) is 38.0 Å². The van der Waals surface area contributed by atoms with Gasteiger partial charge < -0.3 is 64.2 Å². The zero-order chi connectivity index (χ0) is 49.6. The molecule has 0 aromatic heterocycles. The van der Waals surface area contributed by atoms with Crippen LogP contribution in [0.2, 0.25) is 0 Å². The van der Waals surface area contributed by atoms with Crippen molar-refractivity contribution in [2.75, 3.05) is 26.4 Å². The molecular weight excluding hydrogens is 877 g/mol. The van der Waals surface area contributed by atoms with Gasteiger partial charge in [0.25, 0.3) is 0 Å². The lowest BCUT2D eigenvalue weighted by atomic mass is 9.98. The van der Waals surface area contributed by atoms with Crippen LogP contribution in [0.15, 0.2) is 48.6 Å². The summed E-state index contributed by atoms with van der Waals surface area (Å²) in [6.45, 7) is 2.50. The summed E-state index contributed by atoms with van der Waals surface area (Å²) in [5.74, 6) is -0.994. The maximum absolute atomic E-state index is 13.0. The first-order valence-corrected chi connectivity index (χ1v) is 26.2. The lowest BCUT2D eigenvalue weighted by molar-refractivity contribution is -0.332. The number of aliphatic hydroxyl groups excluding tert-OH is 7. The summed E-state index contributed by atoms with van der Waals surface area (Å²) in [6.07, 6.45) is 27.2. The van der Waals surface area contributed by atoms with E-state index in [-0.39, 0.29) is 19.4 Å². The second-order valence-corrected chi connectivity index (χ2v) is 18.3. The van der Waals surface area contributed by atoms with Crippen LogP contribution in [0.1, 0.15) is 181 Å². The fourth-order valence-electron chi connectivity index (χ4n) is 7.93. The Kier molecular flexibility index (Phi) is 36.3. The standard InChI is InChI=1S/C53H92O15/c1-3-5-7-9-11-13-15-17-19-20-22-23-25-27-29-31-33-35-44(55)63-38-41(66-45(56)36-34-32-30-28-26-24-21-18-16-14-12-10-8-6-4-2)39-64-52-51(62)49(60)47(58)43(68-52)40-65-53-50(61)48(59)46(57)42(37-54)67-53/h12,14,18,21-23,27,29,41-43,46-54,57-62H,3-11,13,15-17,19-20,24-26,28,30-40H2,1-2H3/b14-12+,21-18+,23-22+,29-27+/t41-,42+,43+,46-,47-,48?,49?,50?,51?,52+,53+/m0/s1. The molecule has 68 heavy (non-hydrogen) atoms. The van der Waals surface area contributed by atoms with E-state index < -0.39 is 99.3 Å². The number of carbonyl (C=O) groups excluding carboxylic acids is 2. The molecule has 2 aliphatic rings. The molecule has 4 unspecified atom stereocenters. The zero-order valence-corrected chi connectivity index (χ0v) is 41.6. The summed E-state index contributed by atoms with van der Waals surface area (Å²) in [7, 11) is 0. The molecule has 15 heteroatoms. The molecule has 7 N–H and O–H groups in total. The van der Waals surface area contributed by atoms with Crippen LogP contribution in [0.4, 0.5) is 0 Å². The van der Waals surface area contributed by atoms with E-state index in [1.807, 2.05) is 6.08 Å². The Bertz CT molecular complexity index is 1370. The van der Waals surface area contributed by atoms with Crippen molar-refractivity contribution < 1.29 is 73.8 Å². The fourth-order valence-corrected chi connectivity index (χ4v) is 7.93. The van der Waals surface area contributed by atoms with Crippen LogP contribution in [0.5, 0.6) is 0 Å². The molecule has 11 atom stereocenters. The van der Waals surface area contributed by atoms with Gasteiger partial charge in [0, 0.05) is 12.8 Å². The van der Waals surface area contributed by atoms with Crippen LogP contribution < -0.4 is 0 Å². The van der Waals surface area contributed by atoms with Crippen molar-refractivity contribution in [3.8, 4) is 0 Å². The number of hydrogen-bond acceptors (Lipinski definition) is 15. The Labute approximate surface area is 408 Å². The van der Waals surface area contributed by atoms with Crippen LogP contribution in [0.25, 0.3) is 0 Å². The van der Waals surface area contributed by atoms with Crippen LogP contribution in [-0.4, -0.2) is 142 Å². The normalized spacial score (nSPS) is 26.1. The van der Waals surface area contributed by atoms with Gasteiger partial charge in [-0.25, -0.2) is 0 Å². The van der Waals surface area contributed by atoms with Gasteiger partial charge >= 0.3 is 11.9 Å². The third-order valence-corrected chi connectivity index (χ3v) is 12.3. The lowest BCUT2D eigenvalue weighted by Gasteiger charge is -2.42. The highest BCUT2D eigenvalue weighted by Crippen LogP contribution is 2.26. The molecule has 2 heterocycles. The maximum Gasteiger partial charge on any atom is 0.306 e. The number of unbranched alkanes of at least 4 members (excludes halogenated alkanes) is 18. The second-order valence-electron chi connectivity index (χ2n) is 18.3. The van der Waals surface area contributed by atoms with Gasteiger partial charge in [0.1, 0.15) is 55.4 Å². The van der Waals surface area contributed by atoms with Gasteiger partial charge in [-0.3, -0.25) is 9.59 Å². The van der Waals surface area contributed by atoms with E-state index in [0.29, 0.717) is 19.3 Å². The van der Waals surface area contributed by atoms with Crippen molar-refractivity contribution in [3.63, 3.8) is 0 Å². The van der Waals surface area contributed by atoms with E-state index in [1.54, 1.807) is 0 Å². The molecule has 0 aromatic carbocycles. The van der Waals surface area contributed by atoms with Crippen molar-refractivity contribution in [1.82, 2.24) is 0 Å². The molecule has 0 bridgehead atoms. The fraction of sp³-hybridized carbons (Fsp3) is 0.811. The predicted octanol–water partition coefficient (Wildman–Crippen LogP) is 7.49. The summed E-state index contributed by atoms with van der Waals surface area (Å²) in [5.41, 5.74) is 0. The molecule has 2 aliphatic heterocycles. The summed E-state index contributed by atoms with van der Waals surface area (Å²) in [4.78, 5) is 25.7. The van der Waals surface area contributed by atoms with Crippen molar-refractivity contribution in [2.24, 2.45) is 0 Å². The van der Waals surface area contributed by atoms with Gasteiger partial charge in [-0.1, -0.05) is 146 Å². The number of aliphatic hydroxyl groups is 7. The van der Waals surface area contributed by atoms with Crippen LogP contribution in [0.3, 0.4) is 0 Å². The van der Waals surface area contributed by atoms with E-state index >= 15 is 0 Å². The van der Waals surface area contributed by atoms with Gasteiger partial charge in [0.15, 0.2) is 18.7 Å². The highest BCUT2D eigenvalue weighted by Gasteiger charge is 2.47. The zero-order valence-electron chi connectivity index (χ0n) is 41.6. The Hall–Kier alpha value is -2.54. The molecule has 0 aliphatic carbocycles. The number of allylic oxidation sites excluding steroid dienone is 8. The number of ether oxygens (including phenoxy) is 6. The highest BCUT2D eigenvalue weighted by atomic mass is 16.7. The molecule has 2 saturated heterocycles. The average molecular weight is 969 g/mol. The molecule has 2 rings (SSSR count). The molecule has 2 fully saturated rings. The minimum absolute atomic E-state index is 0.139. The molecule has 0 aromatic rings. The van der Waals surface area contributed by atoms with E-state index in [1.165, 1.54) is 77.0 Å². The van der Waals surface area contributed by atoms with Crippen molar-refractivity contribution in [3.05, 3.63) is 48.6 Å². The summed E-state index contributed by atoms with van der Waals surface area (Å²) in [6, 6.07) is 0. The SMILES string of the molecule is CCCCC/C=C/C/C=C/CCCCCCCC(=O)O[C@@H](COC(=O)CCC/C=C/C/C=C/CCCCCCCCCCC)CO[C@@H]1O[C@H](CO[C@@H]2O[C@H](CO)[C@H](O)C(O)C2O)[C@H](O)C(O)C1O. The van der Waals surface area contributed by atoms with Crippen LogP contribution in [0, 0.1) is 0 Å². The maximum atomic E-state index is 13.0. The molecular formula is C53H92O15. The van der Waals surface area contributed by atoms with E-state index in [4.69, 9.17) is 28.4 Å². The van der Waals surface area contributed by atoms with Crippen molar-refractivity contribution in [2.45, 2.75) is 248 Å². The Morgan fingerprint density at radius 3 is 1.44 bits per heavy atom. The molecule has 0 spiro atoms. The summed E-state index contributed by atoms with van der Waals surface area (Å²) < 4.78 is 33.5. The van der Waals surface area contributed by atoms with Gasteiger partial charge in [-0.05, 0) is 70.6 Å². The molecule has 15 nitrogen and oxygen atoms in total. The smallest absolute Gasteiger partial charge is 0.306 e. The quantitative estimate of drug-likeness (QED) is 0.0179. The third kappa shape index (κ3) is 27.7. The minimum Gasteiger partial charge on any atom is -0.462 e. The summed E-state index contributed by atoms with van der Waals surface area (Å²) in [5, 5.41) is 72.1. The third-order valence-electron chi connectivity index (χ3n) is 12.3. The first-order chi connectivity index (χ1) is 33.0. The Morgan fingerprint density at radius 1 is 0.471 bits per heavy atom. The van der Waals surface area contributed by atoms with E-state index in [9.17, 15) is 45.3 Å². The predicted molar refractivity (Wildman–Crippen MR) is 261 cm³/mol. The van der Waals surface area contributed by atoms with E-state index in [2.05, 4.69) is 56.4 Å². The number of hydrogen-bond donors (Lipinski definition) is 7. The van der Waals surface area contributed by atoms with E-state index in [0.717, 1.165) is 57.8 Å².